The Morgan fingerprint density at radius 1 is 1.10 bits per heavy atom. The molecule has 1 amide bonds. The zero-order valence-corrected chi connectivity index (χ0v) is 22.4. The number of carbonyl (C=O) groups is 1. The SMILES string of the molecule is C=CC(=O)N[C@@H]1CCc2ccc(-c3c(-c4ccc(Oc5nccc(C)n5)cc4)c4c(N)ncnc4n3C)cc2C1. The predicted molar refractivity (Wildman–Crippen MR) is 155 cm³/mol. The van der Waals surface area contributed by atoms with Gasteiger partial charge in [-0.05, 0) is 78.8 Å². The van der Waals surface area contributed by atoms with Gasteiger partial charge in [-0.2, -0.15) is 0 Å². The van der Waals surface area contributed by atoms with Crippen LogP contribution in [0.3, 0.4) is 0 Å². The standard InChI is InChI=1S/C31H29N7O2/c1-4-25(39)37-23-10-7-19-5-6-21(15-22(19)16-23)28-26(27-29(32)34-17-35-30(27)38(28)3)20-8-11-24(12-9-20)40-31-33-14-13-18(2)36-31/h4-6,8-9,11-15,17,23H,1,7,10,16H2,2-3H3,(H,37,39)(H2,32,34,35)/t23-/m1/s1. The lowest BCUT2D eigenvalue weighted by Gasteiger charge is -2.26. The number of anilines is 1. The summed E-state index contributed by atoms with van der Waals surface area (Å²) in [5, 5.41) is 3.85. The first-order chi connectivity index (χ1) is 19.4. The third kappa shape index (κ3) is 4.66. The van der Waals surface area contributed by atoms with Crippen molar-refractivity contribution in [3.8, 4) is 34.1 Å². The quantitative estimate of drug-likeness (QED) is 0.298. The lowest BCUT2D eigenvalue weighted by atomic mass is 9.86. The molecule has 0 unspecified atom stereocenters. The van der Waals surface area contributed by atoms with Gasteiger partial charge in [-0.25, -0.2) is 19.9 Å². The summed E-state index contributed by atoms with van der Waals surface area (Å²) in [5.74, 6) is 0.901. The minimum absolute atomic E-state index is 0.0756. The lowest BCUT2D eigenvalue weighted by molar-refractivity contribution is -0.117. The molecule has 40 heavy (non-hydrogen) atoms. The number of hydrogen-bond donors (Lipinski definition) is 2. The van der Waals surface area contributed by atoms with E-state index in [0.29, 0.717) is 17.6 Å². The fourth-order valence-corrected chi connectivity index (χ4v) is 5.45. The smallest absolute Gasteiger partial charge is 0.322 e. The highest BCUT2D eigenvalue weighted by atomic mass is 16.5. The van der Waals surface area contributed by atoms with E-state index in [4.69, 9.17) is 10.5 Å². The van der Waals surface area contributed by atoms with Crippen LogP contribution in [0.25, 0.3) is 33.4 Å². The van der Waals surface area contributed by atoms with Crippen molar-refractivity contribution in [1.82, 2.24) is 29.8 Å². The first-order valence-electron chi connectivity index (χ1n) is 13.1. The molecule has 0 saturated carbocycles. The number of aryl methyl sites for hydroxylation is 3. The summed E-state index contributed by atoms with van der Waals surface area (Å²) in [5.41, 5.74) is 14.5. The largest absolute Gasteiger partial charge is 0.424 e. The van der Waals surface area contributed by atoms with E-state index >= 15 is 0 Å². The van der Waals surface area contributed by atoms with Gasteiger partial charge in [-0.15, -0.1) is 0 Å². The molecular weight excluding hydrogens is 502 g/mol. The Kier molecular flexibility index (Phi) is 6.47. The lowest BCUT2D eigenvalue weighted by Crippen LogP contribution is -2.37. The molecule has 9 heteroatoms. The molecule has 3 N–H and O–H groups in total. The average Bonchev–Trinajstić information content (AvgIpc) is 3.26. The Balaban J connectivity index is 1.43. The Labute approximate surface area is 231 Å². The Hall–Kier alpha value is -5.05. The normalized spacial score (nSPS) is 14.5. The molecule has 6 rings (SSSR count). The molecule has 2 aromatic carbocycles. The van der Waals surface area contributed by atoms with Gasteiger partial charge in [0.25, 0.3) is 0 Å². The van der Waals surface area contributed by atoms with Gasteiger partial charge >= 0.3 is 6.01 Å². The second-order valence-electron chi connectivity index (χ2n) is 9.98. The Morgan fingerprint density at radius 2 is 1.90 bits per heavy atom. The van der Waals surface area contributed by atoms with E-state index in [1.54, 1.807) is 6.20 Å². The molecule has 0 radical (unpaired) electrons. The molecule has 5 aromatic rings. The molecule has 0 aliphatic heterocycles. The second kappa shape index (κ2) is 10.3. The summed E-state index contributed by atoms with van der Waals surface area (Å²) >= 11 is 0. The molecule has 200 valence electrons. The van der Waals surface area contributed by atoms with Crippen LogP contribution in [0, 0.1) is 6.92 Å². The number of fused-ring (bicyclic) bond motifs is 2. The number of hydrogen-bond acceptors (Lipinski definition) is 7. The van der Waals surface area contributed by atoms with E-state index in [0.717, 1.165) is 58.4 Å². The van der Waals surface area contributed by atoms with Crippen LogP contribution in [0.1, 0.15) is 23.2 Å². The summed E-state index contributed by atoms with van der Waals surface area (Å²) < 4.78 is 7.94. The number of nitrogens with two attached hydrogens (primary N) is 1. The number of nitrogens with one attached hydrogen (secondary N) is 1. The van der Waals surface area contributed by atoms with Crippen molar-refractivity contribution >= 4 is 22.8 Å². The van der Waals surface area contributed by atoms with Gasteiger partial charge in [0, 0.05) is 30.5 Å². The van der Waals surface area contributed by atoms with Gasteiger partial charge in [0.1, 0.15) is 23.5 Å². The molecule has 0 spiro atoms. The number of rotatable bonds is 6. The van der Waals surface area contributed by atoms with Gasteiger partial charge in [0.2, 0.25) is 5.91 Å². The van der Waals surface area contributed by atoms with Crippen LogP contribution in [0.4, 0.5) is 5.82 Å². The third-order valence-corrected chi connectivity index (χ3v) is 7.36. The van der Waals surface area contributed by atoms with Crippen molar-refractivity contribution in [2.24, 2.45) is 7.05 Å². The molecule has 0 bridgehead atoms. The molecule has 0 fully saturated rings. The third-order valence-electron chi connectivity index (χ3n) is 7.36. The van der Waals surface area contributed by atoms with Crippen LogP contribution < -0.4 is 15.8 Å². The van der Waals surface area contributed by atoms with E-state index in [1.807, 2.05) is 44.3 Å². The van der Waals surface area contributed by atoms with Gasteiger partial charge in [-0.1, -0.05) is 30.8 Å². The highest BCUT2D eigenvalue weighted by Gasteiger charge is 2.24. The van der Waals surface area contributed by atoms with Gasteiger partial charge < -0.3 is 20.4 Å². The zero-order valence-electron chi connectivity index (χ0n) is 22.4. The maximum Gasteiger partial charge on any atom is 0.322 e. The van der Waals surface area contributed by atoms with E-state index in [1.165, 1.54) is 23.5 Å². The van der Waals surface area contributed by atoms with Gasteiger partial charge in [0.05, 0.1) is 11.1 Å². The van der Waals surface area contributed by atoms with Crippen molar-refractivity contribution in [3.05, 3.63) is 90.5 Å². The van der Waals surface area contributed by atoms with Crippen molar-refractivity contribution in [3.63, 3.8) is 0 Å². The highest BCUT2D eigenvalue weighted by molar-refractivity contribution is 6.07. The zero-order chi connectivity index (χ0) is 27.8. The number of ether oxygens (including phenoxy) is 1. The molecular formula is C31H29N7O2. The Bertz CT molecular complexity index is 1760. The molecule has 1 aliphatic rings. The number of nitrogens with zero attached hydrogens (tertiary/aromatic N) is 5. The van der Waals surface area contributed by atoms with Crippen LogP contribution in [-0.4, -0.2) is 36.5 Å². The van der Waals surface area contributed by atoms with Crippen molar-refractivity contribution in [1.29, 1.82) is 0 Å². The predicted octanol–water partition coefficient (Wildman–Crippen LogP) is 4.93. The van der Waals surface area contributed by atoms with E-state index in [-0.39, 0.29) is 11.9 Å². The first-order valence-corrected chi connectivity index (χ1v) is 13.1. The summed E-state index contributed by atoms with van der Waals surface area (Å²) in [7, 11) is 1.99. The second-order valence-corrected chi connectivity index (χ2v) is 9.98. The van der Waals surface area contributed by atoms with Crippen LogP contribution in [0.2, 0.25) is 0 Å². The van der Waals surface area contributed by atoms with Crippen molar-refractivity contribution in [2.75, 3.05) is 5.73 Å². The van der Waals surface area contributed by atoms with Crippen LogP contribution >= 0.6 is 0 Å². The summed E-state index contributed by atoms with van der Waals surface area (Å²) in [6, 6.07) is 16.5. The molecule has 3 aromatic heterocycles. The summed E-state index contributed by atoms with van der Waals surface area (Å²) in [6.45, 7) is 5.47. The van der Waals surface area contributed by atoms with Crippen molar-refractivity contribution in [2.45, 2.75) is 32.2 Å². The van der Waals surface area contributed by atoms with E-state index in [9.17, 15) is 4.79 Å². The number of nitrogen functional groups attached to an aromatic ring is 1. The summed E-state index contributed by atoms with van der Waals surface area (Å²) in [4.78, 5) is 29.3. The topological polar surface area (TPSA) is 121 Å². The fraction of sp³-hybridized carbons (Fsp3) is 0.194. The van der Waals surface area contributed by atoms with Crippen LogP contribution in [0.15, 0.2) is 73.7 Å². The number of aromatic nitrogens is 5. The number of amides is 1. The molecule has 1 atom stereocenters. The minimum Gasteiger partial charge on any atom is -0.424 e. The fourth-order valence-electron chi connectivity index (χ4n) is 5.45. The molecule has 0 saturated heterocycles. The van der Waals surface area contributed by atoms with Gasteiger partial charge in [0.15, 0.2) is 0 Å². The van der Waals surface area contributed by atoms with E-state index in [2.05, 4.69) is 54.6 Å². The minimum atomic E-state index is -0.143. The first kappa shape index (κ1) is 25.2. The number of benzene rings is 2. The highest BCUT2D eigenvalue weighted by Crippen LogP contribution is 2.42. The molecule has 3 heterocycles. The van der Waals surface area contributed by atoms with Crippen molar-refractivity contribution < 1.29 is 9.53 Å². The molecule has 1 aliphatic carbocycles. The summed E-state index contributed by atoms with van der Waals surface area (Å²) in [6.07, 6.45) is 7.05. The Morgan fingerprint density at radius 3 is 2.67 bits per heavy atom. The van der Waals surface area contributed by atoms with Crippen LogP contribution in [0.5, 0.6) is 11.8 Å². The molecule has 9 nitrogen and oxygen atoms in total. The average molecular weight is 532 g/mol. The van der Waals surface area contributed by atoms with E-state index < -0.39 is 0 Å². The maximum absolute atomic E-state index is 11.9. The number of carbonyl (C=O) groups excluding carboxylic acids is 1. The maximum atomic E-state index is 11.9. The van der Waals surface area contributed by atoms with Crippen LogP contribution in [-0.2, 0) is 24.7 Å². The monoisotopic (exact) mass is 531 g/mol. The van der Waals surface area contributed by atoms with Gasteiger partial charge in [-0.3, -0.25) is 4.79 Å².